The van der Waals surface area contributed by atoms with E-state index in [-0.39, 0.29) is 17.4 Å². The number of aromatic nitrogens is 2. The first kappa shape index (κ1) is 18.4. The molecule has 2 aromatic carbocycles. The predicted molar refractivity (Wildman–Crippen MR) is 109 cm³/mol. The Bertz CT molecular complexity index is 1130. The molecule has 0 N–H and O–H groups in total. The van der Waals surface area contributed by atoms with Crippen LogP contribution in [0.3, 0.4) is 0 Å². The minimum atomic E-state index is -0.239. The highest BCUT2D eigenvalue weighted by atomic mass is 32.2. The van der Waals surface area contributed by atoms with Crippen LogP contribution in [0.15, 0.2) is 52.4 Å². The Morgan fingerprint density at radius 2 is 1.68 bits per heavy atom. The highest BCUT2D eigenvalue weighted by molar-refractivity contribution is 7.99. The van der Waals surface area contributed by atoms with E-state index in [1.165, 1.54) is 16.7 Å². The third-order valence-corrected chi connectivity index (χ3v) is 5.94. The summed E-state index contributed by atoms with van der Waals surface area (Å²) in [6, 6.07) is 12.5. The van der Waals surface area contributed by atoms with Crippen LogP contribution in [0, 0.1) is 6.92 Å². The number of thioether (sulfide) groups is 1. The number of fused-ring (bicyclic) bond motifs is 2. The first-order chi connectivity index (χ1) is 13.5. The summed E-state index contributed by atoms with van der Waals surface area (Å²) in [5.41, 5.74) is 2.56. The van der Waals surface area contributed by atoms with Crippen molar-refractivity contribution in [3.8, 4) is 0 Å². The second kappa shape index (κ2) is 7.24. The molecule has 0 radical (unpaired) electrons. The van der Waals surface area contributed by atoms with E-state index in [4.69, 9.17) is 0 Å². The lowest BCUT2D eigenvalue weighted by molar-refractivity contribution is 0.0655. The molecule has 2 heterocycles. The van der Waals surface area contributed by atoms with Gasteiger partial charge in [0.15, 0.2) is 5.16 Å². The molecule has 2 amide bonds. The van der Waals surface area contributed by atoms with Crippen LogP contribution in [-0.4, -0.2) is 38.6 Å². The van der Waals surface area contributed by atoms with Crippen molar-refractivity contribution in [1.29, 1.82) is 0 Å². The number of imide groups is 1. The van der Waals surface area contributed by atoms with Gasteiger partial charge in [0.1, 0.15) is 0 Å². The summed E-state index contributed by atoms with van der Waals surface area (Å²) in [5.74, 6) is 0.166. The number of nitrogens with zero attached hydrogens (tertiary/aromatic N) is 3. The third kappa shape index (κ3) is 3.11. The number of hydrogen-bond acceptors (Lipinski definition) is 5. The molecule has 0 spiro atoms. The fourth-order valence-corrected chi connectivity index (χ4v) is 4.22. The van der Waals surface area contributed by atoms with E-state index >= 15 is 0 Å². The maximum atomic E-state index is 12.6. The molecule has 0 atom stereocenters. The maximum absolute atomic E-state index is 12.6. The number of amides is 2. The predicted octanol–water partition coefficient (Wildman–Crippen LogP) is 3.02. The minimum Gasteiger partial charge on any atom is -0.290 e. The van der Waals surface area contributed by atoms with Gasteiger partial charge in [-0.15, -0.1) is 0 Å². The van der Waals surface area contributed by atoms with Crippen LogP contribution in [0.4, 0.5) is 0 Å². The van der Waals surface area contributed by atoms with Crippen LogP contribution in [0.5, 0.6) is 0 Å². The highest BCUT2D eigenvalue weighted by Crippen LogP contribution is 2.24. The molecule has 28 heavy (non-hydrogen) atoms. The van der Waals surface area contributed by atoms with Crippen LogP contribution in [0.2, 0.25) is 0 Å². The number of hydrogen-bond donors (Lipinski definition) is 0. The number of rotatable bonds is 5. The molecule has 4 rings (SSSR count). The van der Waals surface area contributed by atoms with E-state index in [1.54, 1.807) is 35.9 Å². The molecular weight excluding hydrogens is 374 g/mol. The molecule has 0 saturated carbocycles. The van der Waals surface area contributed by atoms with Gasteiger partial charge in [0, 0.05) is 19.3 Å². The van der Waals surface area contributed by atoms with Crippen LogP contribution in [0.25, 0.3) is 10.9 Å². The van der Waals surface area contributed by atoms with Crippen molar-refractivity contribution < 1.29 is 9.59 Å². The summed E-state index contributed by atoms with van der Waals surface area (Å²) in [6.07, 6.45) is 0.623. The Balaban J connectivity index is 1.43. The van der Waals surface area contributed by atoms with Gasteiger partial charge in [-0.2, -0.15) is 0 Å². The van der Waals surface area contributed by atoms with E-state index < -0.39 is 0 Å². The zero-order chi connectivity index (χ0) is 19.8. The van der Waals surface area contributed by atoms with Crippen LogP contribution >= 0.6 is 11.8 Å². The number of carbonyl (C=O) groups is 2. The SMILES string of the molecule is Cc1ccc2nc(SCCCN3C(=O)c4ccccc4C3=O)n(C)c(=O)c2c1. The normalized spacial score (nSPS) is 13.4. The summed E-state index contributed by atoms with van der Waals surface area (Å²) in [6.45, 7) is 2.29. The Labute approximate surface area is 166 Å². The van der Waals surface area contributed by atoms with Crippen LogP contribution in [0.1, 0.15) is 32.7 Å². The minimum absolute atomic E-state index is 0.0726. The van der Waals surface area contributed by atoms with Gasteiger partial charge in [-0.3, -0.25) is 23.9 Å². The maximum Gasteiger partial charge on any atom is 0.261 e. The Kier molecular flexibility index (Phi) is 4.77. The van der Waals surface area contributed by atoms with Gasteiger partial charge in [0.25, 0.3) is 17.4 Å². The average molecular weight is 393 g/mol. The largest absolute Gasteiger partial charge is 0.290 e. The number of benzene rings is 2. The summed E-state index contributed by atoms with van der Waals surface area (Å²) in [7, 11) is 1.71. The smallest absolute Gasteiger partial charge is 0.261 e. The molecule has 142 valence electrons. The zero-order valence-electron chi connectivity index (χ0n) is 15.6. The van der Waals surface area contributed by atoms with E-state index in [0.717, 1.165) is 5.56 Å². The first-order valence-corrected chi connectivity index (χ1v) is 10.0. The van der Waals surface area contributed by atoms with Crippen molar-refractivity contribution in [2.24, 2.45) is 7.05 Å². The van der Waals surface area contributed by atoms with E-state index in [2.05, 4.69) is 4.98 Å². The summed E-state index contributed by atoms with van der Waals surface area (Å²) in [5, 5.41) is 1.24. The summed E-state index contributed by atoms with van der Waals surface area (Å²) < 4.78 is 1.55. The van der Waals surface area contributed by atoms with Gasteiger partial charge >= 0.3 is 0 Å². The second-order valence-electron chi connectivity index (χ2n) is 6.79. The molecular formula is C21H19N3O3S. The molecule has 0 aliphatic carbocycles. The summed E-state index contributed by atoms with van der Waals surface area (Å²) in [4.78, 5) is 43.2. The Hall–Kier alpha value is -2.93. The standard InChI is InChI=1S/C21H19N3O3S/c1-13-8-9-17-16(12-13)18(25)23(2)21(22-17)28-11-5-10-24-19(26)14-6-3-4-7-15(14)20(24)27/h3-4,6-9,12H,5,10-11H2,1-2H3. The van der Waals surface area contributed by atoms with Gasteiger partial charge in [-0.1, -0.05) is 35.5 Å². The second-order valence-corrected chi connectivity index (χ2v) is 7.85. The van der Waals surface area contributed by atoms with Gasteiger partial charge in [0.05, 0.1) is 22.0 Å². The summed E-state index contributed by atoms with van der Waals surface area (Å²) >= 11 is 1.45. The lowest BCUT2D eigenvalue weighted by atomic mass is 10.1. The lowest BCUT2D eigenvalue weighted by Crippen LogP contribution is -2.31. The van der Waals surface area contributed by atoms with E-state index in [9.17, 15) is 14.4 Å². The molecule has 0 unspecified atom stereocenters. The van der Waals surface area contributed by atoms with Gasteiger partial charge < -0.3 is 0 Å². The van der Waals surface area contributed by atoms with Gasteiger partial charge in [-0.05, 0) is 37.6 Å². The van der Waals surface area contributed by atoms with Gasteiger partial charge in [-0.25, -0.2) is 4.98 Å². The van der Waals surface area contributed by atoms with Crippen molar-refractivity contribution in [3.05, 3.63) is 69.5 Å². The quantitative estimate of drug-likeness (QED) is 0.288. The molecule has 3 aromatic rings. The van der Waals surface area contributed by atoms with Crippen LogP contribution in [-0.2, 0) is 7.05 Å². The first-order valence-electron chi connectivity index (χ1n) is 9.03. The molecule has 1 aromatic heterocycles. The molecule has 0 bridgehead atoms. The number of aryl methyl sites for hydroxylation is 1. The van der Waals surface area contributed by atoms with Crippen molar-refractivity contribution in [2.45, 2.75) is 18.5 Å². The topological polar surface area (TPSA) is 72.3 Å². The molecule has 1 aliphatic heterocycles. The van der Waals surface area contributed by atoms with Crippen LogP contribution < -0.4 is 5.56 Å². The molecule has 7 heteroatoms. The highest BCUT2D eigenvalue weighted by Gasteiger charge is 2.34. The Morgan fingerprint density at radius 3 is 2.36 bits per heavy atom. The van der Waals surface area contributed by atoms with E-state index in [0.29, 0.717) is 45.9 Å². The molecule has 6 nitrogen and oxygen atoms in total. The third-order valence-electron chi connectivity index (χ3n) is 4.83. The fraction of sp³-hybridized carbons (Fsp3) is 0.238. The molecule has 0 fully saturated rings. The monoisotopic (exact) mass is 393 g/mol. The number of carbonyl (C=O) groups excluding carboxylic acids is 2. The molecule has 1 aliphatic rings. The van der Waals surface area contributed by atoms with Crippen molar-refractivity contribution in [2.75, 3.05) is 12.3 Å². The lowest BCUT2D eigenvalue weighted by Gasteiger charge is -2.14. The average Bonchev–Trinajstić information content (AvgIpc) is 2.94. The Morgan fingerprint density at radius 1 is 1.00 bits per heavy atom. The molecule has 0 saturated heterocycles. The van der Waals surface area contributed by atoms with E-state index in [1.807, 2.05) is 25.1 Å². The van der Waals surface area contributed by atoms with Crippen molar-refractivity contribution in [3.63, 3.8) is 0 Å². The zero-order valence-corrected chi connectivity index (χ0v) is 16.5. The van der Waals surface area contributed by atoms with Crippen molar-refractivity contribution >= 4 is 34.5 Å². The van der Waals surface area contributed by atoms with Gasteiger partial charge in [0.2, 0.25) is 0 Å². The fourth-order valence-electron chi connectivity index (χ4n) is 3.32. The van der Waals surface area contributed by atoms with Crippen molar-refractivity contribution in [1.82, 2.24) is 14.5 Å².